The molecule has 0 aromatic heterocycles. The van der Waals surface area contributed by atoms with Crippen molar-refractivity contribution >= 4 is 11.4 Å². The normalized spacial score (nSPS) is 13.0. The fourth-order valence-corrected chi connectivity index (χ4v) is 2.34. The number of nitrogen functional groups attached to an aromatic ring is 2. The molecule has 0 spiro atoms. The van der Waals surface area contributed by atoms with Crippen LogP contribution in [-0.2, 0) is 18.3 Å². The summed E-state index contributed by atoms with van der Waals surface area (Å²) in [6.45, 7) is 0. The number of rotatable bonds is 2. The minimum atomic E-state index is -5.44. The van der Waals surface area contributed by atoms with Gasteiger partial charge in [0.2, 0.25) is 0 Å². The van der Waals surface area contributed by atoms with Gasteiger partial charge in [0.25, 0.3) is 5.92 Å². The Morgan fingerprint density at radius 1 is 0.556 bits per heavy atom. The number of aromatic hydroxyl groups is 2. The lowest BCUT2D eigenvalue weighted by Gasteiger charge is -2.25. The summed E-state index contributed by atoms with van der Waals surface area (Å²) >= 11 is 0. The predicted molar refractivity (Wildman–Crippen MR) is 78.0 cm³/mol. The highest BCUT2D eigenvalue weighted by molar-refractivity contribution is 5.62. The molecule has 0 atom stereocenters. The molecule has 0 fully saturated rings. The molecule has 2 aromatic rings. The van der Waals surface area contributed by atoms with Crippen molar-refractivity contribution in [2.75, 3.05) is 11.5 Å². The van der Waals surface area contributed by atoms with Crippen molar-refractivity contribution < 1.29 is 45.3 Å². The first-order chi connectivity index (χ1) is 12.1. The third-order valence-electron chi connectivity index (χ3n) is 3.62. The minimum absolute atomic E-state index is 0.0291. The number of phenolic OH excluding ortho intramolecular Hbond substituents is 2. The summed E-state index contributed by atoms with van der Waals surface area (Å²) in [6, 6.07) is -0.173. The van der Waals surface area contributed by atoms with Gasteiger partial charge in [-0.25, -0.2) is 0 Å². The lowest BCUT2D eigenvalue weighted by molar-refractivity contribution is -0.143. The molecule has 0 saturated heterocycles. The highest BCUT2D eigenvalue weighted by Crippen LogP contribution is 2.50. The van der Waals surface area contributed by atoms with Crippen LogP contribution in [-0.4, -0.2) is 10.2 Å². The summed E-state index contributed by atoms with van der Waals surface area (Å²) in [7, 11) is 0. The van der Waals surface area contributed by atoms with Crippen molar-refractivity contribution in [2.45, 2.75) is 18.3 Å². The molecule has 6 N–H and O–H groups in total. The van der Waals surface area contributed by atoms with E-state index in [1.165, 1.54) is 0 Å². The van der Waals surface area contributed by atoms with Crippen LogP contribution >= 0.6 is 0 Å². The van der Waals surface area contributed by atoms with Crippen LogP contribution in [0, 0.1) is 0 Å². The number of benzene rings is 2. The van der Waals surface area contributed by atoms with E-state index in [4.69, 9.17) is 11.5 Å². The average molecular weight is 402 g/mol. The topological polar surface area (TPSA) is 92.5 Å². The van der Waals surface area contributed by atoms with Crippen molar-refractivity contribution in [1.29, 1.82) is 0 Å². The van der Waals surface area contributed by atoms with Gasteiger partial charge in [0.1, 0.15) is 11.5 Å². The number of alkyl halides is 8. The molecule has 148 valence electrons. The second-order valence-corrected chi connectivity index (χ2v) is 5.48. The van der Waals surface area contributed by atoms with E-state index in [9.17, 15) is 45.3 Å². The van der Waals surface area contributed by atoms with Gasteiger partial charge in [0.05, 0.1) is 22.5 Å². The van der Waals surface area contributed by atoms with Crippen molar-refractivity contribution in [3.05, 3.63) is 46.5 Å². The molecule has 0 heterocycles. The maximum Gasteiger partial charge on any atom is 0.417 e. The number of nitrogens with two attached hydrogens (primary N) is 2. The van der Waals surface area contributed by atoms with Crippen molar-refractivity contribution in [2.24, 2.45) is 0 Å². The SMILES string of the molecule is Nc1cc(C(F)(F)c2cc(N)c(O)cc2C(F)(F)F)c(C(F)(F)F)cc1O. The summed E-state index contributed by atoms with van der Waals surface area (Å²) in [6.07, 6.45) is -10.9. The summed E-state index contributed by atoms with van der Waals surface area (Å²) in [4.78, 5) is 0. The van der Waals surface area contributed by atoms with E-state index in [1.54, 1.807) is 0 Å². The van der Waals surface area contributed by atoms with Crippen LogP contribution in [0.1, 0.15) is 22.3 Å². The van der Waals surface area contributed by atoms with E-state index in [2.05, 4.69) is 0 Å². The van der Waals surface area contributed by atoms with Crippen LogP contribution in [0.2, 0.25) is 0 Å². The van der Waals surface area contributed by atoms with Gasteiger partial charge in [-0.2, -0.15) is 35.1 Å². The van der Waals surface area contributed by atoms with Crippen molar-refractivity contribution in [3.8, 4) is 11.5 Å². The highest BCUT2D eigenvalue weighted by atomic mass is 19.4. The average Bonchev–Trinajstić information content (AvgIpc) is 2.49. The molecule has 0 aliphatic heterocycles. The Balaban J connectivity index is 2.89. The first-order valence-electron chi connectivity index (χ1n) is 6.85. The quantitative estimate of drug-likeness (QED) is 0.340. The number of phenols is 2. The number of hydrogen-bond acceptors (Lipinski definition) is 4. The van der Waals surface area contributed by atoms with Gasteiger partial charge in [-0.3, -0.25) is 0 Å². The lowest BCUT2D eigenvalue weighted by Crippen LogP contribution is -2.25. The van der Waals surface area contributed by atoms with Gasteiger partial charge < -0.3 is 21.7 Å². The Hall–Kier alpha value is -2.92. The zero-order valence-electron chi connectivity index (χ0n) is 12.9. The Bertz CT molecular complexity index is 819. The zero-order chi connectivity index (χ0) is 20.9. The zero-order valence-corrected chi connectivity index (χ0v) is 12.9. The van der Waals surface area contributed by atoms with E-state index in [1.807, 2.05) is 0 Å². The van der Waals surface area contributed by atoms with Crippen LogP contribution in [0.25, 0.3) is 0 Å². The Morgan fingerprint density at radius 3 is 1.11 bits per heavy atom. The molecule has 0 aliphatic rings. The van der Waals surface area contributed by atoms with Crippen LogP contribution in [0.5, 0.6) is 11.5 Å². The smallest absolute Gasteiger partial charge is 0.417 e. The van der Waals surface area contributed by atoms with Gasteiger partial charge >= 0.3 is 12.4 Å². The minimum Gasteiger partial charge on any atom is -0.506 e. The molecule has 0 radical (unpaired) electrons. The van der Waals surface area contributed by atoms with Gasteiger partial charge in [0.15, 0.2) is 0 Å². The standard InChI is InChI=1S/C15H10F8N2O2/c16-13(17,5-1-9(24)11(26)3-7(5)14(18,19)20)6-2-10(25)12(27)4-8(6)15(21,22)23/h1-4,26-27H,24-25H2. The maximum atomic E-state index is 14.8. The summed E-state index contributed by atoms with van der Waals surface area (Å²) in [5.41, 5.74) is 0.486. The fraction of sp³-hybridized carbons (Fsp3) is 0.200. The predicted octanol–water partition coefficient (Wildman–Crippen LogP) is 4.44. The molecule has 0 bridgehead atoms. The van der Waals surface area contributed by atoms with E-state index >= 15 is 0 Å². The van der Waals surface area contributed by atoms with E-state index in [0.29, 0.717) is 0 Å². The largest absolute Gasteiger partial charge is 0.506 e. The van der Waals surface area contributed by atoms with E-state index < -0.39 is 63.4 Å². The van der Waals surface area contributed by atoms with Crippen molar-refractivity contribution in [1.82, 2.24) is 0 Å². The molecule has 12 heteroatoms. The molecule has 27 heavy (non-hydrogen) atoms. The summed E-state index contributed by atoms with van der Waals surface area (Å²) in [5.74, 6) is -7.23. The number of hydrogen-bond donors (Lipinski definition) is 4. The molecule has 0 aliphatic carbocycles. The molecule has 0 saturated carbocycles. The van der Waals surface area contributed by atoms with Gasteiger partial charge in [0, 0.05) is 11.1 Å². The third-order valence-corrected chi connectivity index (χ3v) is 3.62. The van der Waals surface area contributed by atoms with Crippen LogP contribution < -0.4 is 11.5 Å². The van der Waals surface area contributed by atoms with Gasteiger partial charge in [-0.15, -0.1) is 0 Å². The van der Waals surface area contributed by atoms with Crippen LogP contribution in [0.4, 0.5) is 46.5 Å². The lowest BCUT2D eigenvalue weighted by atomic mass is 9.90. The van der Waals surface area contributed by atoms with E-state index in [-0.39, 0.29) is 24.3 Å². The fourth-order valence-electron chi connectivity index (χ4n) is 2.34. The molecule has 4 nitrogen and oxygen atoms in total. The van der Waals surface area contributed by atoms with Gasteiger partial charge in [-0.05, 0) is 24.3 Å². The third kappa shape index (κ3) is 3.64. The summed E-state index contributed by atoms with van der Waals surface area (Å²) in [5, 5.41) is 18.6. The molecular formula is C15H10F8N2O2. The van der Waals surface area contributed by atoms with E-state index in [0.717, 1.165) is 0 Å². The number of halogens is 8. The summed E-state index contributed by atoms with van der Waals surface area (Å²) < 4.78 is 108. The molecule has 2 rings (SSSR count). The monoisotopic (exact) mass is 402 g/mol. The second kappa shape index (κ2) is 6.06. The second-order valence-electron chi connectivity index (χ2n) is 5.48. The van der Waals surface area contributed by atoms with Crippen LogP contribution in [0.15, 0.2) is 24.3 Å². The maximum absolute atomic E-state index is 14.8. The van der Waals surface area contributed by atoms with Gasteiger partial charge in [-0.1, -0.05) is 0 Å². The molecular weight excluding hydrogens is 392 g/mol. The molecule has 0 unspecified atom stereocenters. The first-order valence-corrected chi connectivity index (χ1v) is 6.85. The van der Waals surface area contributed by atoms with Crippen molar-refractivity contribution in [3.63, 3.8) is 0 Å². The Labute approximate surface area is 145 Å². The Morgan fingerprint density at radius 2 is 0.852 bits per heavy atom. The number of anilines is 2. The molecule has 0 amide bonds. The first kappa shape index (κ1) is 20.4. The Kier molecular flexibility index (Phi) is 4.58. The highest BCUT2D eigenvalue weighted by Gasteiger charge is 2.49. The molecule has 2 aromatic carbocycles. The van der Waals surface area contributed by atoms with Crippen LogP contribution in [0.3, 0.4) is 0 Å².